The third kappa shape index (κ3) is 4.88. The van der Waals surface area contributed by atoms with E-state index in [1.807, 2.05) is 20.8 Å². The fourth-order valence-corrected chi connectivity index (χ4v) is 1.91. The van der Waals surface area contributed by atoms with E-state index in [1.165, 1.54) is 19.3 Å². The molecule has 0 atom stereocenters. The van der Waals surface area contributed by atoms with Crippen molar-refractivity contribution < 1.29 is 9.59 Å². The van der Waals surface area contributed by atoms with Crippen LogP contribution in [0, 0.1) is 0 Å². The van der Waals surface area contributed by atoms with Crippen LogP contribution in [0.4, 0.5) is 11.5 Å². The van der Waals surface area contributed by atoms with Crippen LogP contribution < -0.4 is 10.6 Å². The number of carbonyl (C=O) groups excluding carboxylic acids is 2. The van der Waals surface area contributed by atoms with Gasteiger partial charge < -0.3 is 10.6 Å². The summed E-state index contributed by atoms with van der Waals surface area (Å²) in [7, 11) is 0. The molecule has 0 bridgehead atoms. The molecule has 0 radical (unpaired) electrons. The van der Waals surface area contributed by atoms with E-state index in [9.17, 15) is 9.59 Å². The maximum absolute atomic E-state index is 12.2. The van der Waals surface area contributed by atoms with E-state index < -0.39 is 0 Å². The molecule has 2 N–H and O–H groups in total. The van der Waals surface area contributed by atoms with Crippen molar-refractivity contribution in [3.05, 3.63) is 47.9 Å². The average molecular weight is 312 g/mol. The second kappa shape index (κ2) is 6.56. The van der Waals surface area contributed by atoms with E-state index in [0.29, 0.717) is 17.1 Å². The molecule has 1 aromatic carbocycles. The Morgan fingerprint density at radius 3 is 2.39 bits per heavy atom. The molecule has 1 aromatic heterocycles. The Labute approximate surface area is 135 Å². The molecule has 0 spiro atoms. The van der Waals surface area contributed by atoms with Crippen LogP contribution in [0.25, 0.3) is 0 Å². The highest BCUT2D eigenvalue weighted by Crippen LogP contribution is 2.13. The first-order valence-corrected chi connectivity index (χ1v) is 7.27. The van der Waals surface area contributed by atoms with E-state index in [2.05, 4.69) is 20.6 Å². The molecule has 1 heterocycles. The van der Waals surface area contributed by atoms with Crippen molar-refractivity contribution in [2.24, 2.45) is 0 Å². The summed E-state index contributed by atoms with van der Waals surface area (Å²) in [5, 5.41) is 5.88. The number of amides is 1. The third-order valence-electron chi connectivity index (χ3n) is 2.91. The quantitative estimate of drug-likeness (QED) is 0.847. The van der Waals surface area contributed by atoms with Crippen molar-refractivity contribution in [1.82, 2.24) is 9.97 Å². The average Bonchev–Trinajstić information content (AvgIpc) is 2.46. The zero-order chi connectivity index (χ0) is 17.0. The molecule has 0 fully saturated rings. The van der Waals surface area contributed by atoms with E-state index in [4.69, 9.17) is 0 Å². The van der Waals surface area contributed by atoms with Gasteiger partial charge in [-0.15, -0.1) is 0 Å². The van der Waals surface area contributed by atoms with Crippen LogP contribution in [0.2, 0.25) is 0 Å². The van der Waals surface area contributed by atoms with Gasteiger partial charge in [-0.2, -0.15) is 0 Å². The Morgan fingerprint density at radius 2 is 1.83 bits per heavy atom. The zero-order valence-corrected chi connectivity index (χ0v) is 13.7. The number of ketones is 1. The number of nitrogens with one attached hydrogen (secondary N) is 2. The van der Waals surface area contributed by atoms with Crippen molar-refractivity contribution in [3.8, 4) is 0 Å². The SMILES string of the molecule is CC(=O)c1cccc(NC(=O)c2cnc(NC(C)(C)C)cn2)c1. The lowest BCUT2D eigenvalue weighted by molar-refractivity contribution is 0.100. The van der Waals surface area contributed by atoms with Gasteiger partial charge in [0.1, 0.15) is 11.5 Å². The largest absolute Gasteiger partial charge is 0.364 e. The van der Waals surface area contributed by atoms with Crippen LogP contribution in [-0.4, -0.2) is 27.2 Å². The molecule has 6 nitrogen and oxygen atoms in total. The van der Waals surface area contributed by atoms with Crippen LogP contribution >= 0.6 is 0 Å². The molecular weight excluding hydrogens is 292 g/mol. The molecule has 120 valence electrons. The first-order chi connectivity index (χ1) is 10.7. The molecule has 0 aliphatic carbocycles. The molecule has 0 aliphatic rings. The summed E-state index contributed by atoms with van der Waals surface area (Å²) >= 11 is 0. The van der Waals surface area contributed by atoms with Crippen molar-refractivity contribution in [2.75, 3.05) is 10.6 Å². The highest BCUT2D eigenvalue weighted by molar-refractivity contribution is 6.03. The molecule has 1 amide bonds. The van der Waals surface area contributed by atoms with Gasteiger partial charge in [-0.1, -0.05) is 12.1 Å². The second-order valence-corrected chi connectivity index (χ2v) is 6.25. The summed E-state index contributed by atoms with van der Waals surface area (Å²) in [5.41, 5.74) is 1.16. The maximum atomic E-state index is 12.2. The minimum atomic E-state index is -0.375. The highest BCUT2D eigenvalue weighted by atomic mass is 16.2. The summed E-state index contributed by atoms with van der Waals surface area (Å²) in [5.74, 6) is 0.173. The molecule has 6 heteroatoms. The number of benzene rings is 1. The lowest BCUT2D eigenvalue weighted by atomic mass is 10.1. The summed E-state index contributed by atoms with van der Waals surface area (Å²) in [4.78, 5) is 31.8. The molecular formula is C17H20N4O2. The zero-order valence-electron chi connectivity index (χ0n) is 13.7. The van der Waals surface area contributed by atoms with Crippen molar-refractivity contribution in [2.45, 2.75) is 33.2 Å². The Hall–Kier alpha value is -2.76. The van der Waals surface area contributed by atoms with Gasteiger partial charge in [-0.3, -0.25) is 9.59 Å². The van der Waals surface area contributed by atoms with Gasteiger partial charge in [0, 0.05) is 16.8 Å². The standard InChI is InChI=1S/C17H20N4O2/c1-11(22)12-6-5-7-13(8-12)20-16(23)14-9-19-15(10-18-14)21-17(2,3)4/h5-10H,1-4H3,(H,19,21)(H,20,23). The van der Waals surface area contributed by atoms with E-state index in [0.717, 1.165) is 0 Å². The van der Waals surface area contributed by atoms with Crippen LogP contribution in [0.3, 0.4) is 0 Å². The van der Waals surface area contributed by atoms with Gasteiger partial charge in [0.2, 0.25) is 0 Å². The number of Topliss-reactive ketones (excluding diaryl/α,β-unsaturated/α-hetero) is 1. The van der Waals surface area contributed by atoms with Crippen molar-refractivity contribution >= 4 is 23.2 Å². The van der Waals surface area contributed by atoms with Gasteiger partial charge in [0.15, 0.2) is 5.78 Å². The van der Waals surface area contributed by atoms with Gasteiger partial charge in [0.25, 0.3) is 5.91 Å². The number of carbonyl (C=O) groups is 2. The fraction of sp³-hybridized carbons (Fsp3) is 0.294. The Bertz CT molecular complexity index is 718. The number of hydrogen-bond acceptors (Lipinski definition) is 5. The summed E-state index contributed by atoms with van der Waals surface area (Å²) < 4.78 is 0. The Balaban J connectivity index is 2.09. The molecule has 0 saturated carbocycles. The van der Waals surface area contributed by atoms with E-state index >= 15 is 0 Å². The summed E-state index contributed by atoms with van der Waals surface area (Å²) in [6, 6.07) is 6.76. The molecule has 2 aromatic rings. The molecule has 23 heavy (non-hydrogen) atoms. The summed E-state index contributed by atoms with van der Waals surface area (Å²) in [6.45, 7) is 7.51. The Morgan fingerprint density at radius 1 is 1.09 bits per heavy atom. The lowest BCUT2D eigenvalue weighted by Crippen LogP contribution is -2.27. The minimum absolute atomic E-state index is 0.0569. The number of nitrogens with zero attached hydrogens (tertiary/aromatic N) is 2. The number of hydrogen-bond donors (Lipinski definition) is 2. The van der Waals surface area contributed by atoms with Gasteiger partial charge >= 0.3 is 0 Å². The lowest BCUT2D eigenvalue weighted by Gasteiger charge is -2.20. The number of rotatable bonds is 4. The van der Waals surface area contributed by atoms with Gasteiger partial charge in [-0.05, 0) is 39.8 Å². The predicted molar refractivity (Wildman–Crippen MR) is 89.8 cm³/mol. The highest BCUT2D eigenvalue weighted by Gasteiger charge is 2.13. The third-order valence-corrected chi connectivity index (χ3v) is 2.91. The first kappa shape index (κ1) is 16.6. The van der Waals surface area contributed by atoms with Crippen molar-refractivity contribution in [3.63, 3.8) is 0 Å². The normalized spacial score (nSPS) is 11.0. The van der Waals surface area contributed by atoms with Gasteiger partial charge in [-0.25, -0.2) is 9.97 Å². The molecule has 0 unspecified atom stereocenters. The molecule has 2 rings (SSSR count). The van der Waals surface area contributed by atoms with Crippen molar-refractivity contribution in [1.29, 1.82) is 0 Å². The Kier molecular flexibility index (Phi) is 4.74. The predicted octanol–water partition coefficient (Wildman–Crippen LogP) is 3.14. The minimum Gasteiger partial charge on any atom is -0.364 e. The van der Waals surface area contributed by atoms with Crippen LogP contribution in [0.1, 0.15) is 48.5 Å². The van der Waals surface area contributed by atoms with Crippen LogP contribution in [-0.2, 0) is 0 Å². The maximum Gasteiger partial charge on any atom is 0.275 e. The molecule has 0 aliphatic heterocycles. The topological polar surface area (TPSA) is 84.0 Å². The van der Waals surface area contributed by atoms with Crippen LogP contribution in [0.15, 0.2) is 36.7 Å². The fourth-order valence-electron chi connectivity index (χ4n) is 1.91. The smallest absolute Gasteiger partial charge is 0.275 e. The summed E-state index contributed by atoms with van der Waals surface area (Å²) in [6.07, 6.45) is 2.93. The van der Waals surface area contributed by atoms with Crippen LogP contribution in [0.5, 0.6) is 0 Å². The first-order valence-electron chi connectivity index (χ1n) is 7.27. The monoisotopic (exact) mass is 312 g/mol. The molecule has 0 saturated heterocycles. The van der Waals surface area contributed by atoms with E-state index in [-0.39, 0.29) is 22.9 Å². The second-order valence-electron chi connectivity index (χ2n) is 6.25. The number of anilines is 2. The van der Waals surface area contributed by atoms with E-state index in [1.54, 1.807) is 24.3 Å². The number of aromatic nitrogens is 2. The van der Waals surface area contributed by atoms with Gasteiger partial charge in [0.05, 0.1) is 12.4 Å².